The Kier molecular flexibility index (Phi) is 9.07. The number of nitrogens with zero attached hydrogens (tertiary/aromatic N) is 3. The van der Waals surface area contributed by atoms with Crippen LogP contribution < -0.4 is 19.1 Å². The summed E-state index contributed by atoms with van der Waals surface area (Å²) in [7, 11) is 1.69. The molecule has 1 amide bonds. The van der Waals surface area contributed by atoms with E-state index in [-0.39, 0.29) is 25.6 Å². The van der Waals surface area contributed by atoms with E-state index in [1.807, 2.05) is 30.3 Å². The third-order valence-electron chi connectivity index (χ3n) is 7.39. The summed E-state index contributed by atoms with van der Waals surface area (Å²) in [5.74, 6) is 0.961. The molecule has 41 heavy (non-hydrogen) atoms. The van der Waals surface area contributed by atoms with E-state index in [0.29, 0.717) is 23.7 Å². The van der Waals surface area contributed by atoms with Crippen molar-refractivity contribution in [3.05, 3.63) is 83.2 Å². The van der Waals surface area contributed by atoms with Gasteiger partial charge in [0.15, 0.2) is 6.20 Å². The second-order valence-corrected chi connectivity index (χ2v) is 10.1. The summed E-state index contributed by atoms with van der Waals surface area (Å²) >= 11 is 0. The van der Waals surface area contributed by atoms with E-state index in [4.69, 9.17) is 18.9 Å². The van der Waals surface area contributed by atoms with E-state index in [9.17, 15) is 20.2 Å². The molecule has 3 heterocycles. The molecule has 3 atom stereocenters. The van der Waals surface area contributed by atoms with Gasteiger partial charge in [0.1, 0.15) is 18.1 Å². The number of benzene rings is 2. The van der Waals surface area contributed by atoms with Crippen molar-refractivity contribution in [1.82, 2.24) is 4.90 Å². The number of aromatic nitrogens is 1. The number of likely N-dealkylation sites (tertiary alicyclic amines) is 1. The summed E-state index contributed by atoms with van der Waals surface area (Å²) in [6.07, 6.45) is -0.416. The Hall–Kier alpha value is -4.06. The highest BCUT2D eigenvalue weighted by molar-refractivity contribution is 5.65. The molecule has 11 heteroatoms. The van der Waals surface area contributed by atoms with Gasteiger partial charge < -0.3 is 44.2 Å². The molecule has 2 aliphatic rings. The zero-order valence-electron chi connectivity index (χ0n) is 22.9. The largest absolute Gasteiger partial charge is 0.616 e. The number of hydrogen-bond donors (Lipinski definition) is 2. The van der Waals surface area contributed by atoms with Gasteiger partial charge in [-0.15, -0.1) is 4.73 Å². The summed E-state index contributed by atoms with van der Waals surface area (Å²) < 4.78 is 23.7. The average molecular weight is 566 g/mol. The lowest BCUT2D eigenvalue weighted by molar-refractivity contribution is -0.611. The van der Waals surface area contributed by atoms with Crippen LogP contribution in [-0.2, 0) is 16.1 Å². The number of hydrogen-bond acceptors (Lipinski definition) is 8. The number of pyridine rings is 1. The first-order chi connectivity index (χ1) is 19.9. The average Bonchev–Trinajstić information content (AvgIpc) is 2.98. The Morgan fingerprint density at radius 1 is 1.15 bits per heavy atom. The molecule has 2 aliphatic heterocycles. The number of fused-ring (bicyclic) bond motifs is 1. The maximum absolute atomic E-state index is 11.9. The fourth-order valence-corrected chi connectivity index (χ4v) is 5.36. The van der Waals surface area contributed by atoms with E-state index in [1.54, 1.807) is 37.4 Å². The summed E-state index contributed by atoms with van der Waals surface area (Å²) in [4.78, 5) is 15.3. The monoisotopic (exact) mass is 565 g/mol. The minimum atomic E-state index is -1.11. The van der Waals surface area contributed by atoms with Crippen molar-refractivity contribution in [3.8, 4) is 17.4 Å². The lowest BCUT2D eigenvalue weighted by atomic mass is 9.84. The van der Waals surface area contributed by atoms with Crippen molar-refractivity contribution in [2.45, 2.75) is 31.2 Å². The van der Waals surface area contributed by atoms with Gasteiger partial charge in [-0.1, -0.05) is 18.2 Å². The van der Waals surface area contributed by atoms with E-state index in [1.165, 1.54) is 11.1 Å². The maximum Gasteiger partial charge on any atom is 0.407 e. The number of aliphatic hydroxyl groups excluding tert-OH is 1. The molecule has 5 rings (SSSR count). The van der Waals surface area contributed by atoms with Crippen LogP contribution in [0.5, 0.6) is 17.4 Å². The van der Waals surface area contributed by atoms with Crippen LogP contribution in [0.4, 0.5) is 10.5 Å². The lowest BCUT2D eigenvalue weighted by Crippen LogP contribution is -2.53. The zero-order chi connectivity index (χ0) is 28.8. The molecule has 11 nitrogen and oxygen atoms in total. The van der Waals surface area contributed by atoms with Crippen molar-refractivity contribution >= 4 is 11.8 Å². The van der Waals surface area contributed by atoms with Crippen molar-refractivity contribution in [2.75, 3.05) is 51.4 Å². The fraction of sp³-hybridized carbons (Fsp3) is 0.400. The molecule has 1 saturated heterocycles. The molecule has 3 unspecified atom stereocenters. The number of carboxylic acid groups (broad SMARTS) is 1. The van der Waals surface area contributed by atoms with Crippen LogP contribution in [0.25, 0.3) is 0 Å². The zero-order valence-corrected chi connectivity index (χ0v) is 22.9. The Labute approximate surface area is 238 Å². The highest BCUT2D eigenvalue weighted by Crippen LogP contribution is 2.35. The van der Waals surface area contributed by atoms with Crippen molar-refractivity contribution < 1.29 is 38.7 Å². The molecule has 218 valence electrons. The molecule has 1 aromatic heterocycles. The first-order valence-electron chi connectivity index (χ1n) is 13.7. The van der Waals surface area contributed by atoms with Gasteiger partial charge in [-0.05, 0) is 47.9 Å². The van der Waals surface area contributed by atoms with Crippen LogP contribution in [-0.4, -0.2) is 79.9 Å². The lowest BCUT2D eigenvalue weighted by Gasteiger charge is -2.40. The van der Waals surface area contributed by atoms with Gasteiger partial charge in [0.05, 0.1) is 50.2 Å². The summed E-state index contributed by atoms with van der Waals surface area (Å²) in [6.45, 7) is 3.26. The van der Waals surface area contributed by atoms with Gasteiger partial charge in [-0.25, -0.2) is 4.79 Å². The smallest absolute Gasteiger partial charge is 0.407 e. The summed E-state index contributed by atoms with van der Waals surface area (Å²) in [5, 5.41) is 32.6. The van der Waals surface area contributed by atoms with Crippen LogP contribution in [0.1, 0.15) is 23.5 Å². The highest BCUT2D eigenvalue weighted by Gasteiger charge is 2.39. The molecular formula is C30H35N3O8. The van der Waals surface area contributed by atoms with Gasteiger partial charge in [-0.2, -0.15) is 0 Å². The number of rotatable bonds is 10. The summed E-state index contributed by atoms with van der Waals surface area (Å²) in [5.41, 5.74) is 2.70. The van der Waals surface area contributed by atoms with E-state index < -0.39 is 24.2 Å². The third-order valence-corrected chi connectivity index (χ3v) is 7.39. The molecule has 2 N–H and O–H groups in total. The topological polar surface area (TPSA) is 128 Å². The second-order valence-electron chi connectivity index (χ2n) is 10.1. The Bertz CT molecular complexity index is 1320. The van der Waals surface area contributed by atoms with E-state index in [0.717, 1.165) is 42.1 Å². The first kappa shape index (κ1) is 28.5. The second kappa shape index (κ2) is 13.1. The standard InChI is InChI=1S/C30H35N3O8/c1-38-15-4-12-31-14-16-39-26-11-6-21(17-24(26)31)20-40-27-19-32(30(35)36)18-25(34)29(27)22-7-9-23(10-8-22)41-28-5-2-3-13-33(28)37/h2-3,5-11,13,17,25,27,29,34H,4,12,14-16,18-20H2,1H3,(H,35,36). The van der Waals surface area contributed by atoms with Crippen LogP contribution in [0, 0.1) is 5.21 Å². The Balaban J connectivity index is 1.32. The van der Waals surface area contributed by atoms with Crippen LogP contribution in [0.2, 0.25) is 0 Å². The predicted octanol–water partition coefficient (Wildman–Crippen LogP) is 3.37. The Morgan fingerprint density at radius 3 is 2.73 bits per heavy atom. The maximum atomic E-state index is 11.9. The quantitative estimate of drug-likeness (QED) is 0.216. The Morgan fingerprint density at radius 2 is 1.98 bits per heavy atom. The molecule has 2 aromatic carbocycles. The fourth-order valence-electron chi connectivity index (χ4n) is 5.36. The number of β-amino-alcohol motifs (C(OH)–C–C–N with tert-alkyl or cyclic N) is 1. The molecule has 0 bridgehead atoms. The van der Waals surface area contributed by atoms with Gasteiger partial charge in [-0.3, -0.25) is 0 Å². The molecule has 0 radical (unpaired) electrons. The van der Waals surface area contributed by atoms with Crippen molar-refractivity contribution in [2.24, 2.45) is 0 Å². The van der Waals surface area contributed by atoms with Crippen LogP contribution >= 0.6 is 0 Å². The van der Waals surface area contributed by atoms with Crippen LogP contribution in [0.15, 0.2) is 66.9 Å². The summed E-state index contributed by atoms with van der Waals surface area (Å²) in [6, 6.07) is 17.9. The SMILES string of the molecule is COCCCN1CCOc2ccc(COC3CN(C(=O)O)CC(O)C3c3ccc(Oc4cccc[n+]4[O-])cc3)cc21. The number of anilines is 1. The van der Waals surface area contributed by atoms with Gasteiger partial charge in [0.25, 0.3) is 0 Å². The molecule has 0 saturated carbocycles. The number of carbonyl (C=O) groups is 1. The predicted molar refractivity (Wildman–Crippen MR) is 149 cm³/mol. The normalized spacial score (nSPS) is 20.3. The van der Waals surface area contributed by atoms with Crippen molar-refractivity contribution in [3.63, 3.8) is 0 Å². The number of amides is 1. The first-order valence-corrected chi connectivity index (χ1v) is 13.7. The van der Waals surface area contributed by atoms with Gasteiger partial charge in [0.2, 0.25) is 0 Å². The van der Waals surface area contributed by atoms with Crippen LogP contribution in [0.3, 0.4) is 0 Å². The van der Waals surface area contributed by atoms with Gasteiger partial charge in [0, 0.05) is 32.2 Å². The number of aliphatic hydroxyl groups is 1. The molecule has 3 aromatic rings. The number of ether oxygens (including phenoxy) is 4. The molecule has 0 spiro atoms. The number of piperidine rings is 1. The third kappa shape index (κ3) is 6.82. The minimum absolute atomic E-state index is 0.0229. The molecule has 1 fully saturated rings. The molecule has 0 aliphatic carbocycles. The number of methoxy groups -OCH3 is 1. The highest BCUT2D eigenvalue weighted by atomic mass is 16.6. The van der Waals surface area contributed by atoms with Gasteiger partial charge >= 0.3 is 12.0 Å². The van der Waals surface area contributed by atoms with E-state index >= 15 is 0 Å². The minimum Gasteiger partial charge on any atom is -0.616 e. The van der Waals surface area contributed by atoms with Crippen molar-refractivity contribution in [1.29, 1.82) is 0 Å². The molecular weight excluding hydrogens is 530 g/mol. The van der Waals surface area contributed by atoms with E-state index in [2.05, 4.69) is 4.90 Å².